The van der Waals surface area contributed by atoms with Gasteiger partial charge in [0.2, 0.25) is 0 Å². The minimum atomic E-state index is -1.22. The van der Waals surface area contributed by atoms with Gasteiger partial charge in [0.15, 0.2) is 11.6 Å². The number of carbonyl (C=O) groups is 2. The second-order valence-corrected chi connectivity index (χ2v) is 4.98. The normalized spacial score (nSPS) is 15.0. The number of ketones is 2. The summed E-state index contributed by atoms with van der Waals surface area (Å²) >= 11 is 0. The van der Waals surface area contributed by atoms with Crippen LogP contribution in [0.25, 0.3) is 0 Å². The average Bonchev–Trinajstić information content (AvgIpc) is 3.06. The van der Waals surface area contributed by atoms with E-state index in [1.165, 1.54) is 0 Å². The number of allylic oxidation sites excluding steroid dienone is 4. The summed E-state index contributed by atoms with van der Waals surface area (Å²) in [5, 5.41) is 0. The van der Waals surface area contributed by atoms with Crippen LogP contribution in [0.5, 0.6) is 0 Å². The molecule has 1 aliphatic carbocycles. The van der Waals surface area contributed by atoms with Crippen molar-refractivity contribution in [2.45, 2.75) is 0 Å². The molecule has 1 aliphatic rings. The molecule has 2 nitrogen and oxygen atoms in total. The molecular weight excluding hydrogens is 260 g/mol. The van der Waals surface area contributed by atoms with Crippen LogP contribution in [0.1, 0.15) is 20.7 Å². The van der Waals surface area contributed by atoms with Crippen molar-refractivity contribution in [2.24, 2.45) is 5.41 Å². The van der Waals surface area contributed by atoms with Crippen molar-refractivity contribution in [3.05, 3.63) is 96.1 Å². The van der Waals surface area contributed by atoms with Gasteiger partial charge in [-0.2, -0.15) is 0 Å². The van der Waals surface area contributed by atoms with Gasteiger partial charge < -0.3 is 0 Å². The quantitative estimate of drug-likeness (QED) is 0.626. The number of carbonyl (C=O) groups excluding carboxylic acids is 2. The summed E-state index contributed by atoms with van der Waals surface area (Å²) in [7, 11) is 0. The Morgan fingerprint density at radius 3 is 1.38 bits per heavy atom. The van der Waals surface area contributed by atoms with Crippen LogP contribution >= 0.6 is 0 Å². The van der Waals surface area contributed by atoms with Crippen LogP contribution in [0.2, 0.25) is 0 Å². The topological polar surface area (TPSA) is 34.1 Å². The maximum Gasteiger partial charge on any atom is 0.184 e. The zero-order valence-corrected chi connectivity index (χ0v) is 11.4. The van der Waals surface area contributed by atoms with Gasteiger partial charge in [-0.1, -0.05) is 85.0 Å². The van der Waals surface area contributed by atoms with E-state index in [9.17, 15) is 9.59 Å². The number of hydrogen-bond acceptors (Lipinski definition) is 2. The Hall–Kier alpha value is -2.74. The zero-order chi connectivity index (χ0) is 14.7. The molecule has 0 aliphatic heterocycles. The fourth-order valence-corrected chi connectivity index (χ4v) is 2.53. The highest BCUT2D eigenvalue weighted by atomic mass is 16.2. The summed E-state index contributed by atoms with van der Waals surface area (Å²) in [4.78, 5) is 25.7. The number of Topliss-reactive ketones (excluding diaryl/α,β-unsaturated/α-hetero) is 2. The predicted octanol–water partition coefficient (Wildman–Crippen LogP) is 3.86. The highest BCUT2D eigenvalue weighted by Gasteiger charge is 2.42. The van der Waals surface area contributed by atoms with Crippen molar-refractivity contribution in [3.8, 4) is 0 Å². The predicted molar refractivity (Wildman–Crippen MR) is 82.3 cm³/mol. The molecule has 0 aromatic heterocycles. The van der Waals surface area contributed by atoms with Gasteiger partial charge in [0.1, 0.15) is 5.41 Å². The Labute approximate surface area is 123 Å². The Kier molecular flexibility index (Phi) is 3.36. The minimum absolute atomic E-state index is 0.193. The van der Waals surface area contributed by atoms with Crippen molar-refractivity contribution in [3.63, 3.8) is 0 Å². The molecule has 0 saturated carbocycles. The maximum absolute atomic E-state index is 12.9. The van der Waals surface area contributed by atoms with Crippen LogP contribution in [0, 0.1) is 5.41 Å². The first kappa shape index (κ1) is 13.3. The van der Waals surface area contributed by atoms with E-state index in [1.54, 1.807) is 72.8 Å². The van der Waals surface area contributed by atoms with Crippen LogP contribution in [0.4, 0.5) is 0 Å². The fraction of sp³-hybridized carbons (Fsp3) is 0.0526. The first-order chi connectivity index (χ1) is 10.2. The van der Waals surface area contributed by atoms with Gasteiger partial charge >= 0.3 is 0 Å². The lowest BCUT2D eigenvalue weighted by Crippen LogP contribution is -2.35. The fourth-order valence-electron chi connectivity index (χ4n) is 2.53. The van der Waals surface area contributed by atoms with E-state index in [-0.39, 0.29) is 11.6 Å². The summed E-state index contributed by atoms with van der Waals surface area (Å²) < 4.78 is 0. The molecule has 0 N–H and O–H groups in total. The van der Waals surface area contributed by atoms with Crippen LogP contribution in [-0.4, -0.2) is 11.6 Å². The molecular formula is C19H14O2. The molecule has 21 heavy (non-hydrogen) atoms. The molecule has 0 fully saturated rings. The van der Waals surface area contributed by atoms with E-state index in [2.05, 4.69) is 0 Å². The van der Waals surface area contributed by atoms with E-state index in [0.29, 0.717) is 11.1 Å². The maximum atomic E-state index is 12.9. The van der Waals surface area contributed by atoms with Crippen molar-refractivity contribution >= 4 is 11.6 Å². The van der Waals surface area contributed by atoms with Crippen LogP contribution in [-0.2, 0) is 0 Å². The number of rotatable bonds is 4. The van der Waals surface area contributed by atoms with E-state index in [1.807, 2.05) is 12.1 Å². The molecule has 0 spiro atoms. The standard InChI is InChI=1S/C19H14O2/c20-17(15-9-3-1-4-10-15)19(13-7-8-14-19)18(21)16-11-5-2-6-12-16/h1-14H. The monoisotopic (exact) mass is 274 g/mol. The van der Waals surface area contributed by atoms with Gasteiger partial charge in [0, 0.05) is 11.1 Å². The highest BCUT2D eigenvalue weighted by molar-refractivity contribution is 6.23. The van der Waals surface area contributed by atoms with Gasteiger partial charge in [0.05, 0.1) is 0 Å². The van der Waals surface area contributed by atoms with Crippen molar-refractivity contribution < 1.29 is 9.59 Å². The first-order valence-electron chi connectivity index (χ1n) is 6.81. The Bertz CT molecular complexity index is 659. The zero-order valence-electron chi connectivity index (χ0n) is 11.4. The summed E-state index contributed by atoms with van der Waals surface area (Å²) in [6.07, 6.45) is 6.86. The van der Waals surface area contributed by atoms with Gasteiger partial charge in [0.25, 0.3) is 0 Å². The van der Waals surface area contributed by atoms with Crippen molar-refractivity contribution in [1.82, 2.24) is 0 Å². The second-order valence-electron chi connectivity index (χ2n) is 4.98. The van der Waals surface area contributed by atoms with Crippen molar-refractivity contribution in [2.75, 3.05) is 0 Å². The van der Waals surface area contributed by atoms with Gasteiger partial charge in [-0.15, -0.1) is 0 Å². The molecule has 0 bridgehead atoms. The molecule has 2 aromatic carbocycles. The summed E-state index contributed by atoms with van der Waals surface area (Å²) in [6.45, 7) is 0. The first-order valence-corrected chi connectivity index (χ1v) is 6.81. The lowest BCUT2D eigenvalue weighted by atomic mass is 9.75. The van der Waals surface area contributed by atoms with Gasteiger partial charge in [-0.05, 0) is 0 Å². The molecule has 0 radical (unpaired) electrons. The molecule has 0 atom stereocenters. The smallest absolute Gasteiger partial charge is 0.184 e. The Morgan fingerprint density at radius 2 is 1.00 bits per heavy atom. The average molecular weight is 274 g/mol. The largest absolute Gasteiger partial charge is 0.292 e. The van der Waals surface area contributed by atoms with Crippen LogP contribution in [0.3, 0.4) is 0 Å². The van der Waals surface area contributed by atoms with E-state index in [0.717, 1.165) is 0 Å². The molecule has 0 unspecified atom stereocenters. The van der Waals surface area contributed by atoms with Gasteiger partial charge in [-0.3, -0.25) is 9.59 Å². The molecule has 0 amide bonds. The Morgan fingerprint density at radius 1 is 0.619 bits per heavy atom. The van der Waals surface area contributed by atoms with Gasteiger partial charge in [-0.25, -0.2) is 0 Å². The van der Waals surface area contributed by atoms with E-state index in [4.69, 9.17) is 0 Å². The summed E-state index contributed by atoms with van der Waals surface area (Å²) in [5.74, 6) is -0.385. The number of hydrogen-bond donors (Lipinski definition) is 0. The second kappa shape index (κ2) is 5.33. The lowest BCUT2D eigenvalue weighted by Gasteiger charge is -2.22. The number of benzene rings is 2. The van der Waals surface area contributed by atoms with E-state index >= 15 is 0 Å². The molecule has 0 heterocycles. The van der Waals surface area contributed by atoms with Crippen LogP contribution < -0.4 is 0 Å². The van der Waals surface area contributed by atoms with Crippen LogP contribution in [0.15, 0.2) is 85.0 Å². The summed E-state index contributed by atoms with van der Waals surface area (Å²) in [6, 6.07) is 17.9. The molecule has 102 valence electrons. The molecule has 2 aromatic rings. The molecule has 2 heteroatoms. The lowest BCUT2D eigenvalue weighted by molar-refractivity contribution is 0.0778. The third kappa shape index (κ3) is 2.25. The molecule has 3 rings (SSSR count). The Balaban J connectivity index is 2.06. The molecule has 0 saturated heterocycles. The minimum Gasteiger partial charge on any atom is -0.292 e. The van der Waals surface area contributed by atoms with E-state index < -0.39 is 5.41 Å². The third-order valence-corrected chi connectivity index (χ3v) is 3.65. The summed E-state index contributed by atoms with van der Waals surface area (Å²) in [5.41, 5.74) is -0.140. The third-order valence-electron chi connectivity index (χ3n) is 3.65. The highest BCUT2D eigenvalue weighted by Crippen LogP contribution is 2.34. The van der Waals surface area contributed by atoms with Crippen molar-refractivity contribution in [1.29, 1.82) is 0 Å². The SMILES string of the molecule is O=C(c1ccccc1)C1(C(=O)c2ccccc2)C=CC=C1.